The van der Waals surface area contributed by atoms with Gasteiger partial charge in [0.15, 0.2) is 0 Å². The largest absolute Gasteiger partial charge is 0.545 e. The number of hydrogen-bond donors (Lipinski definition) is 1. The highest BCUT2D eigenvalue weighted by Crippen LogP contribution is 2.28. The Morgan fingerprint density at radius 1 is 1.25 bits per heavy atom. The minimum absolute atomic E-state index is 0.0359. The van der Waals surface area contributed by atoms with E-state index in [9.17, 15) is 14.7 Å². The summed E-state index contributed by atoms with van der Waals surface area (Å²) in [4.78, 5) is 24.2. The van der Waals surface area contributed by atoms with Crippen molar-refractivity contribution in [3.8, 4) is 0 Å². The second kappa shape index (κ2) is 5.88. The number of nitrogens with one attached hydrogen (secondary N) is 1. The quantitative estimate of drug-likeness (QED) is 0.938. The summed E-state index contributed by atoms with van der Waals surface area (Å²) in [6, 6.07) is 8.71. The third kappa shape index (κ3) is 2.88. The summed E-state index contributed by atoms with van der Waals surface area (Å²) in [6.07, 6.45) is 0.713. The molecular weight excluding hydrogens is 274 g/mol. The number of amides is 1. The van der Waals surface area contributed by atoms with Crippen LogP contribution in [-0.2, 0) is 6.42 Å². The zero-order valence-electron chi connectivity index (χ0n) is 11.2. The van der Waals surface area contributed by atoms with Crippen molar-refractivity contribution in [2.45, 2.75) is 20.3 Å². The van der Waals surface area contributed by atoms with E-state index in [-0.39, 0.29) is 11.5 Å². The first-order chi connectivity index (χ1) is 9.52. The Balaban J connectivity index is 2.30. The van der Waals surface area contributed by atoms with E-state index in [0.29, 0.717) is 17.0 Å². The van der Waals surface area contributed by atoms with E-state index < -0.39 is 5.97 Å². The fourth-order valence-electron chi connectivity index (χ4n) is 1.86. The first-order valence-corrected chi connectivity index (χ1v) is 7.05. The molecule has 0 radical (unpaired) electrons. The fourth-order valence-corrected chi connectivity index (χ4v) is 2.84. The van der Waals surface area contributed by atoms with Crippen molar-refractivity contribution >= 4 is 28.2 Å². The Morgan fingerprint density at radius 2 is 1.95 bits per heavy atom. The third-order valence-electron chi connectivity index (χ3n) is 2.97. The first kappa shape index (κ1) is 14.3. The van der Waals surface area contributed by atoms with Crippen LogP contribution in [-0.4, -0.2) is 11.9 Å². The Morgan fingerprint density at radius 3 is 2.55 bits per heavy atom. The van der Waals surface area contributed by atoms with Crippen molar-refractivity contribution in [3.63, 3.8) is 0 Å². The normalized spacial score (nSPS) is 10.3. The average Bonchev–Trinajstić information content (AvgIpc) is 2.82. The van der Waals surface area contributed by atoms with Gasteiger partial charge in [-0.3, -0.25) is 4.79 Å². The van der Waals surface area contributed by atoms with E-state index in [1.165, 1.54) is 11.3 Å². The van der Waals surface area contributed by atoms with Crippen LogP contribution in [0.3, 0.4) is 0 Å². The third-order valence-corrected chi connectivity index (χ3v) is 4.16. The number of carbonyl (C=O) groups is 2. The summed E-state index contributed by atoms with van der Waals surface area (Å²) < 4.78 is 0. The molecule has 0 unspecified atom stereocenters. The molecule has 2 aromatic rings. The van der Waals surface area contributed by atoms with Gasteiger partial charge in [-0.05, 0) is 31.0 Å². The van der Waals surface area contributed by atoms with E-state index >= 15 is 0 Å². The molecule has 0 spiro atoms. The molecule has 1 N–H and O–H groups in total. The molecule has 1 aromatic carbocycles. The number of anilines is 1. The van der Waals surface area contributed by atoms with Crippen LogP contribution < -0.4 is 10.4 Å². The van der Waals surface area contributed by atoms with Gasteiger partial charge in [-0.2, -0.15) is 0 Å². The maximum Gasteiger partial charge on any atom is 0.256 e. The van der Waals surface area contributed by atoms with Crippen LogP contribution in [0, 0.1) is 6.92 Å². The maximum absolute atomic E-state index is 12.2. The Hall–Kier alpha value is -2.14. The highest BCUT2D eigenvalue weighted by molar-refractivity contribution is 7.16. The van der Waals surface area contributed by atoms with Crippen LogP contribution in [0.5, 0.6) is 0 Å². The van der Waals surface area contributed by atoms with Gasteiger partial charge in [0, 0.05) is 16.0 Å². The molecule has 2 rings (SSSR count). The van der Waals surface area contributed by atoms with Crippen LogP contribution in [0.25, 0.3) is 0 Å². The van der Waals surface area contributed by atoms with E-state index in [1.54, 1.807) is 18.2 Å². The highest BCUT2D eigenvalue weighted by atomic mass is 32.1. The molecule has 1 heterocycles. The summed E-state index contributed by atoms with van der Waals surface area (Å²) in [5.74, 6) is -1.59. The van der Waals surface area contributed by atoms with Gasteiger partial charge in [0.2, 0.25) is 0 Å². The minimum atomic E-state index is -1.28. The number of carboxylic acids is 1. The lowest BCUT2D eigenvalue weighted by molar-refractivity contribution is -0.254. The van der Waals surface area contributed by atoms with Crippen molar-refractivity contribution in [1.82, 2.24) is 0 Å². The van der Waals surface area contributed by atoms with Gasteiger partial charge in [-0.25, -0.2) is 0 Å². The average molecular weight is 288 g/mol. The Kier molecular flexibility index (Phi) is 4.20. The smallest absolute Gasteiger partial charge is 0.256 e. The SMILES string of the molecule is CCc1cc(C(=O)[O-])c(NC(=O)c2ccccc2C)s1. The zero-order chi connectivity index (χ0) is 14.7. The van der Waals surface area contributed by atoms with Crippen molar-refractivity contribution in [2.24, 2.45) is 0 Å². The molecule has 0 atom stereocenters. The lowest BCUT2D eigenvalue weighted by atomic mass is 10.1. The molecule has 1 amide bonds. The van der Waals surface area contributed by atoms with E-state index in [0.717, 1.165) is 10.4 Å². The lowest BCUT2D eigenvalue weighted by Crippen LogP contribution is -2.23. The van der Waals surface area contributed by atoms with E-state index in [4.69, 9.17) is 0 Å². The molecule has 0 aliphatic carbocycles. The van der Waals surface area contributed by atoms with Gasteiger partial charge >= 0.3 is 0 Å². The highest BCUT2D eigenvalue weighted by Gasteiger charge is 2.14. The summed E-state index contributed by atoms with van der Waals surface area (Å²) in [7, 11) is 0. The molecule has 4 nitrogen and oxygen atoms in total. The second-order valence-electron chi connectivity index (χ2n) is 4.37. The van der Waals surface area contributed by atoms with Crippen LogP contribution >= 0.6 is 11.3 Å². The van der Waals surface area contributed by atoms with Crippen molar-refractivity contribution in [2.75, 3.05) is 5.32 Å². The molecule has 1 aromatic heterocycles. The molecular formula is C15H14NO3S-. The van der Waals surface area contributed by atoms with E-state index in [1.807, 2.05) is 26.0 Å². The van der Waals surface area contributed by atoms with Gasteiger partial charge in [0.25, 0.3) is 5.91 Å². The van der Waals surface area contributed by atoms with Gasteiger partial charge < -0.3 is 15.2 Å². The number of carboxylic acid groups (broad SMARTS) is 1. The van der Waals surface area contributed by atoms with Crippen LogP contribution in [0.1, 0.15) is 38.1 Å². The molecule has 0 saturated carbocycles. The molecule has 20 heavy (non-hydrogen) atoms. The molecule has 0 saturated heterocycles. The van der Waals surface area contributed by atoms with E-state index in [2.05, 4.69) is 5.32 Å². The minimum Gasteiger partial charge on any atom is -0.545 e. The predicted molar refractivity (Wildman–Crippen MR) is 77.2 cm³/mol. The number of carbonyl (C=O) groups excluding carboxylic acids is 2. The number of aromatic carboxylic acids is 1. The number of thiophene rings is 1. The van der Waals surface area contributed by atoms with Crippen LogP contribution in [0.15, 0.2) is 30.3 Å². The Labute approximate surface area is 121 Å². The standard InChI is InChI=1S/C15H15NO3S/c1-3-10-8-12(15(18)19)14(20-10)16-13(17)11-7-5-4-6-9(11)2/h4-8H,3H2,1-2H3,(H,16,17)(H,18,19)/p-1. The lowest BCUT2D eigenvalue weighted by Gasteiger charge is -2.08. The fraction of sp³-hybridized carbons (Fsp3) is 0.200. The van der Waals surface area contributed by atoms with Gasteiger partial charge in [0.05, 0.1) is 5.97 Å². The second-order valence-corrected chi connectivity index (χ2v) is 5.50. The van der Waals surface area contributed by atoms with Crippen molar-refractivity contribution in [3.05, 3.63) is 51.9 Å². The van der Waals surface area contributed by atoms with Crippen LogP contribution in [0.2, 0.25) is 0 Å². The number of aryl methyl sites for hydroxylation is 2. The molecule has 104 valence electrons. The molecule has 5 heteroatoms. The Bertz CT molecular complexity index is 661. The van der Waals surface area contributed by atoms with Gasteiger partial charge in [-0.15, -0.1) is 11.3 Å². The van der Waals surface area contributed by atoms with Crippen LogP contribution in [0.4, 0.5) is 5.00 Å². The molecule has 0 aliphatic rings. The number of rotatable bonds is 4. The van der Waals surface area contributed by atoms with Gasteiger partial charge in [-0.1, -0.05) is 25.1 Å². The maximum atomic E-state index is 12.2. The van der Waals surface area contributed by atoms with Crippen molar-refractivity contribution < 1.29 is 14.7 Å². The number of hydrogen-bond acceptors (Lipinski definition) is 4. The summed E-state index contributed by atoms with van der Waals surface area (Å²) in [6.45, 7) is 3.76. The monoisotopic (exact) mass is 288 g/mol. The summed E-state index contributed by atoms with van der Waals surface area (Å²) >= 11 is 1.26. The molecule has 0 fully saturated rings. The number of benzene rings is 1. The van der Waals surface area contributed by atoms with Gasteiger partial charge in [0.1, 0.15) is 5.00 Å². The summed E-state index contributed by atoms with van der Waals surface area (Å²) in [5, 5.41) is 14.1. The zero-order valence-corrected chi connectivity index (χ0v) is 12.0. The first-order valence-electron chi connectivity index (χ1n) is 6.24. The topological polar surface area (TPSA) is 69.2 Å². The predicted octanol–water partition coefficient (Wildman–Crippen LogP) is 2.23. The summed E-state index contributed by atoms with van der Waals surface area (Å²) in [5.41, 5.74) is 1.41. The van der Waals surface area contributed by atoms with Crippen molar-refractivity contribution in [1.29, 1.82) is 0 Å². The molecule has 0 aliphatic heterocycles. The molecule has 0 bridgehead atoms.